The lowest BCUT2D eigenvalue weighted by atomic mass is 10.2. The van der Waals surface area contributed by atoms with Crippen molar-refractivity contribution in [3.05, 3.63) is 11.9 Å². The second kappa shape index (κ2) is 5.73. The van der Waals surface area contributed by atoms with Crippen molar-refractivity contribution < 1.29 is 9.53 Å². The third-order valence-electron chi connectivity index (χ3n) is 3.20. The van der Waals surface area contributed by atoms with Crippen LogP contribution >= 0.6 is 0 Å². The Morgan fingerprint density at radius 1 is 1.37 bits per heavy atom. The van der Waals surface area contributed by atoms with E-state index in [1.807, 2.05) is 6.92 Å². The number of rotatable bonds is 2. The van der Waals surface area contributed by atoms with Crippen molar-refractivity contribution in [1.29, 1.82) is 0 Å². The van der Waals surface area contributed by atoms with Crippen LogP contribution in [-0.4, -0.2) is 53.7 Å². The van der Waals surface area contributed by atoms with E-state index >= 15 is 0 Å². The van der Waals surface area contributed by atoms with E-state index in [9.17, 15) is 4.79 Å². The quantitative estimate of drug-likeness (QED) is 0.845. The summed E-state index contributed by atoms with van der Waals surface area (Å²) in [4.78, 5) is 23.7. The molecule has 1 aliphatic heterocycles. The molecule has 1 aromatic heterocycles. The molecular weight excluding hydrogens is 246 g/mol. The van der Waals surface area contributed by atoms with Gasteiger partial charge in [-0.1, -0.05) is 0 Å². The third kappa shape index (κ3) is 2.86. The molecule has 0 aromatic carbocycles. The van der Waals surface area contributed by atoms with Gasteiger partial charge in [-0.15, -0.1) is 0 Å². The van der Waals surface area contributed by atoms with Crippen molar-refractivity contribution in [2.24, 2.45) is 0 Å². The monoisotopic (exact) mass is 265 g/mol. The predicted octanol–water partition coefficient (Wildman–Crippen LogP) is 0.646. The van der Waals surface area contributed by atoms with Gasteiger partial charge in [0.05, 0.1) is 6.61 Å². The summed E-state index contributed by atoms with van der Waals surface area (Å²) in [5.74, 6) is 1.34. The molecule has 1 saturated heterocycles. The van der Waals surface area contributed by atoms with Gasteiger partial charge in [-0.05, 0) is 13.8 Å². The molecule has 0 bridgehead atoms. The molecule has 0 unspecified atom stereocenters. The van der Waals surface area contributed by atoms with Gasteiger partial charge in [-0.3, -0.25) is 0 Å². The zero-order chi connectivity index (χ0) is 13.8. The van der Waals surface area contributed by atoms with E-state index in [0.29, 0.717) is 25.5 Å². The van der Waals surface area contributed by atoms with Gasteiger partial charge in [-0.25, -0.2) is 14.8 Å². The number of carbonyl (C=O) groups is 1. The number of piperazine rings is 1. The Morgan fingerprint density at radius 3 is 2.68 bits per heavy atom. The summed E-state index contributed by atoms with van der Waals surface area (Å²) >= 11 is 0. The Kier molecular flexibility index (Phi) is 4.03. The van der Waals surface area contributed by atoms with Crippen LogP contribution in [0.4, 0.5) is 16.4 Å². The predicted molar refractivity (Wildman–Crippen MR) is 72.0 cm³/mol. The van der Waals surface area contributed by atoms with Crippen LogP contribution in [0.3, 0.4) is 0 Å². The first kappa shape index (κ1) is 13.4. The van der Waals surface area contributed by atoms with Gasteiger partial charge in [0.25, 0.3) is 0 Å². The summed E-state index contributed by atoms with van der Waals surface area (Å²) in [6.07, 6.45) is 1.22. The maximum absolute atomic E-state index is 11.6. The fourth-order valence-electron chi connectivity index (χ4n) is 2.09. The molecule has 2 rings (SSSR count). The number of nitrogens with zero attached hydrogens (tertiary/aromatic N) is 4. The molecule has 19 heavy (non-hydrogen) atoms. The lowest BCUT2D eigenvalue weighted by Gasteiger charge is -2.35. The van der Waals surface area contributed by atoms with Gasteiger partial charge >= 0.3 is 6.09 Å². The van der Waals surface area contributed by atoms with Gasteiger partial charge in [0.1, 0.15) is 18.0 Å². The average molecular weight is 265 g/mol. The first-order valence-electron chi connectivity index (χ1n) is 6.37. The van der Waals surface area contributed by atoms with E-state index in [-0.39, 0.29) is 6.09 Å². The molecule has 2 heterocycles. The lowest BCUT2D eigenvalue weighted by molar-refractivity contribution is 0.105. The topological polar surface area (TPSA) is 84.6 Å². The van der Waals surface area contributed by atoms with Crippen LogP contribution in [0.1, 0.15) is 12.5 Å². The molecule has 0 spiro atoms. The van der Waals surface area contributed by atoms with Gasteiger partial charge < -0.3 is 20.3 Å². The van der Waals surface area contributed by atoms with E-state index in [2.05, 4.69) is 14.9 Å². The maximum atomic E-state index is 11.6. The number of amides is 1. The maximum Gasteiger partial charge on any atom is 0.409 e. The number of anilines is 2. The minimum atomic E-state index is -0.249. The van der Waals surface area contributed by atoms with Crippen LogP contribution in [-0.2, 0) is 4.74 Å². The van der Waals surface area contributed by atoms with Crippen LogP contribution in [0.2, 0.25) is 0 Å². The van der Waals surface area contributed by atoms with Crippen molar-refractivity contribution in [2.45, 2.75) is 13.8 Å². The Balaban J connectivity index is 2.00. The van der Waals surface area contributed by atoms with E-state index < -0.39 is 0 Å². The highest BCUT2D eigenvalue weighted by atomic mass is 16.6. The third-order valence-corrected chi connectivity index (χ3v) is 3.20. The molecule has 1 fully saturated rings. The zero-order valence-electron chi connectivity index (χ0n) is 11.3. The number of hydrogen-bond acceptors (Lipinski definition) is 6. The van der Waals surface area contributed by atoms with Crippen LogP contribution in [0.5, 0.6) is 0 Å². The number of ether oxygens (including phenoxy) is 1. The SMILES string of the molecule is CCOC(=O)N1CCN(c2ncnc(N)c2C)CC1. The zero-order valence-corrected chi connectivity index (χ0v) is 11.3. The fraction of sp³-hybridized carbons (Fsp3) is 0.583. The normalized spacial score (nSPS) is 15.5. The number of aromatic nitrogens is 2. The van der Waals surface area contributed by atoms with Crippen molar-refractivity contribution in [1.82, 2.24) is 14.9 Å². The van der Waals surface area contributed by atoms with Crippen molar-refractivity contribution >= 4 is 17.7 Å². The Labute approximate surface area is 112 Å². The summed E-state index contributed by atoms with van der Waals surface area (Å²) in [6, 6.07) is 0. The molecule has 2 N–H and O–H groups in total. The van der Waals surface area contributed by atoms with E-state index in [4.69, 9.17) is 10.5 Å². The van der Waals surface area contributed by atoms with Crippen LogP contribution in [0.15, 0.2) is 6.33 Å². The second-order valence-electron chi connectivity index (χ2n) is 4.38. The summed E-state index contributed by atoms with van der Waals surface area (Å²) in [6.45, 7) is 6.81. The van der Waals surface area contributed by atoms with Crippen molar-refractivity contribution in [3.8, 4) is 0 Å². The Hall–Kier alpha value is -2.05. The van der Waals surface area contributed by atoms with E-state index in [1.165, 1.54) is 6.33 Å². The molecular formula is C12H19N5O2. The summed E-state index contributed by atoms with van der Waals surface area (Å²) in [7, 11) is 0. The van der Waals surface area contributed by atoms with Gasteiger partial charge in [0, 0.05) is 31.7 Å². The molecule has 104 valence electrons. The molecule has 0 aliphatic carbocycles. The molecule has 0 radical (unpaired) electrons. The number of hydrogen-bond donors (Lipinski definition) is 1. The molecule has 0 atom stereocenters. The van der Waals surface area contributed by atoms with Crippen molar-refractivity contribution in [2.75, 3.05) is 43.4 Å². The molecule has 1 amide bonds. The number of carbonyl (C=O) groups excluding carboxylic acids is 1. The van der Waals surface area contributed by atoms with Gasteiger partial charge in [0.2, 0.25) is 0 Å². The first-order chi connectivity index (χ1) is 9.13. The molecule has 7 heteroatoms. The molecule has 7 nitrogen and oxygen atoms in total. The first-order valence-corrected chi connectivity index (χ1v) is 6.37. The summed E-state index contributed by atoms with van der Waals surface area (Å²) < 4.78 is 4.99. The minimum absolute atomic E-state index is 0.249. The van der Waals surface area contributed by atoms with E-state index in [1.54, 1.807) is 11.8 Å². The minimum Gasteiger partial charge on any atom is -0.450 e. The molecule has 1 aliphatic rings. The Bertz CT molecular complexity index is 457. The highest BCUT2D eigenvalue weighted by Gasteiger charge is 2.23. The highest BCUT2D eigenvalue weighted by molar-refractivity contribution is 5.68. The van der Waals surface area contributed by atoms with Crippen molar-refractivity contribution in [3.63, 3.8) is 0 Å². The largest absolute Gasteiger partial charge is 0.450 e. The number of nitrogen functional groups attached to an aromatic ring is 1. The molecule has 0 saturated carbocycles. The number of nitrogens with two attached hydrogens (primary N) is 1. The smallest absolute Gasteiger partial charge is 0.409 e. The van der Waals surface area contributed by atoms with Gasteiger partial charge in [0.15, 0.2) is 0 Å². The molecule has 1 aromatic rings. The summed E-state index contributed by atoms with van der Waals surface area (Å²) in [5, 5.41) is 0. The van der Waals surface area contributed by atoms with Crippen LogP contribution in [0, 0.1) is 6.92 Å². The summed E-state index contributed by atoms with van der Waals surface area (Å²) in [5.41, 5.74) is 6.66. The highest BCUT2D eigenvalue weighted by Crippen LogP contribution is 2.21. The standard InChI is InChI=1S/C12H19N5O2/c1-3-19-12(18)17-6-4-16(5-7-17)11-9(2)10(13)14-8-15-11/h8H,3-7H2,1-2H3,(H2,13,14,15). The average Bonchev–Trinajstić information content (AvgIpc) is 2.42. The fourth-order valence-corrected chi connectivity index (χ4v) is 2.09. The second-order valence-corrected chi connectivity index (χ2v) is 4.38. The van der Waals surface area contributed by atoms with Crippen LogP contribution in [0.25, 0.3) is 0 Å². The lowest BCUT2D eigenvalue weighted by Crippen LogP contribution is -2.49. The van der Waals surface area contributed by atoms with Gasteiger partial charge in [-0.2, -0.15) is 0 Å². The van der Waals surface area contributed by atoms with Crippen LogP contribution < -0.4 is 10.6 Å². The van der Waals surface area contributed by atoms with E-state index in [0.717, 1.165) is 24.5 Å². The Morgan fingerprint density at radius 2 is 2.05 bits per heavy atom.